The van der Waals surface area contributed by atoms with Gasteiger partial charge in [0.25, 0.3) is 0 Å². The molecule has 4 nitrogen and oxygen atoms in total. The van der Waals surface area contributed by atoms with E-state index < -0.39 is 6.04 Å². The maximum absolute atomic E-state index is 9.42. The first-order valence-corrected chi connectivity index (χ1v) is 6.52. The molecule has 1 aliphatic carbocycles. The Morgan fingerprint density at radius 3 is 2.76 bits per heavy atom. The highest BCUT2D eigenvalue weighted by Gasteiger charge is 2.18. The lowest BCUT2D eigenvalue weighted by Crippen LogP contribution is -2.28. The fourth-order valence-electron chi connectivity index (χ4n) is 2.06. The summed E-state index contributed by atoms with van der Waals surface area (Å²) in [6.45, 7) is 0. The molecule has 4 N–H and O–H groups in total. The van der Waals surface area contributed by atoms with Gasteiger partial charge in [0.1, 0.15) is 6.04 Å². The van der Waals surface area contributed by atoms with Crippen molar-refractivity contribution in [3.05, 3.63) is 65.8 Å². The van der Waals surface area contributed by atoms with Crippen molar-refractivity contribution in [2.75, 3.05) is 0 Å². The summed E-state index contributed by atoms with van der Waals surface area (Å²) in [6.07, 6.45) is 13.1. The van der Waals surface area contributed by atoms with E-state index >= 15 is 0 Å². The summed E-state index contributed by atoms with van der Waals surface area (Å²) in [5, 5.41) is 27.6. The first-order chi connectivity index (χ1) is 10.1. The number of nitrogens with zero attached hydrogens (tertiary/aromatic N) is 1. The SMILES string of the molecule is N#CC(N)C1C=CC=CC1=CC=Cc1ccc(O)c(O)c1. The fourth-order valence-corrected chi connectivity index (χ4v) is 2.06. The Balaban J connectivity index is 2.17. The summed E-state index contributed by atoms with van der Waals surface area (Å²) >= 11 is 0. The molecule has 1 aromatic rings. The van der Waals surface area contributed by atoms with Crippen LogP contribution in [0.2, 0.25) is 0 Å². The van der Waals surface area contributed by atoms with Crippen molar-refractivity contribution in [2.45, 2.75) is 6.04 Å². The van der Waals surface area contributed by atoms with Crippen LogP contribution in [-0.4, -0.2) is 16.3 Å². The Morgan fingerprint density at radius 2 is 2.05 bits per heavy atom. The number of hydrogen-bond acceptors (Lipinski definition) is 4. The van der Waals surface area contributed by atoms with Crippen LogP contribution in [0.4, 0.5) is 0 Å². The lowest BCUT2D eigenvalue weighted by atomic mass is 9.88. The van der Waals surface area contributed by atoms with Crippen LogP contribution in [0.25, 0.3) is 6.08 Å². The standard InChI is InChI=1S/C17H16N2O2/c18-11-15(19)14-7-2-1-5-13(14)6-3-4-12-8-9-16(20)17(21)10-12/h1-10,14-15,20-21H,19H2. The Labute approximate surface area is 123 Å². The number of nitriles is 1. The Kier molecular flexibility index (Phi) is 4.60. The van der Waals surface area contributed by atoms with Gasteiger partial charge in [-0.05, 0) is 23.3 Å². The first-order valence-electron chi connectivity index (χ1n) is 6.52. The van der Waals surface area contributed by atoms with Gasteiger partial charge in [-0.15, -0.1) is 0 Å². The van der Waals surface area contributed by atoms with Crippen molar-refractivity contribution in [2.24, 2.45) is 11.7 Å². The van der Waals surface area contributed by atoms with Crippen LogP contribution in [-0.2, 0) is 0 Å². The Hall–Kier alpha value is -2.77. The van der Waals surface area contributed by atoms with Gasteiger partial charge in [-0.3, -0.25) is 0 Å². The van der Waals surface area contributed by atoms with Gasteiger partial charge in [-0.2, -0.15) is 5.26 Å². The maximum atomic E-state index is 9.42. The van der Waals surface area contributed by atoms with E-state index in [1.54, 1.807) is 12.1 Å². The minimum absolute atomic E-state index is 0.127. The second kappa shape index (κ2) is 6.60. The highest BCUT2D eigenvalue weighted by Crippen LogP contribution is 2.26. The lowest BCUT2D eigenvalue weighted by molar-refractivity contribution is 0.403. The highest BCUT2D eigenvalue weighted by molar-refractivity contribution is 5.57. The van der Waals surface area contributed by atoms with Crippen molar-refractivity contribution in [1.82, 2.24) is 0 Å². The molecule has 2 rings (SSSR count). The van der Waals surface area contributed by atoms with Gasteiger partial charge >= 0.3 is 0 Å². The molecule has 2 unspecified atom stereocenters. The zero-order chi connectivity index (χ0) is 15.2. The third-order valence-electron chi connectivity index (χ3n) is 3.22. The van der Waals surface area contributed by atoms with E-state index in [0.29, 0.717) is 0 Å². The molecule has 2 atom stereocenters. The molecule has 21 heavy (non-hydrogen) atoms. The third-order valence-corrected chi connectivity index (χ3v) is 3.22. The predicted octanol–water partition coefficient (Wildman–Crippen LogP) is 2.63. The number of rotatable bonds is 3. The fraction of sp³-hybridized carbons (Fsp3) is 0.118. The molecular weight excluding hydrogens is 264 g/mol. The van der Waals surface area contributed by atoms with Crippen LogP contribution < -0.4 is 5.73 Å². The normalized spacial score (nSPS) is 20.8. The summed E-state index contributed by atoms with van der Waals surface area (Å²) in [7, 11) is 0. The van der Waals surface area contributed by atoms with Crippen LogP contribution >= 0.6 is 0 Å². The molecule has 0 fully saturated rings. The summed E-state index contributed by atoms with van der Waals surface area (Å²) in [6, 6.07) is 6.07. The van der Waals surface area contributed by atoms with Crippen molar-refractivity contribution in [3.63, 3.8) is 0 Å². The average molecular weight is 280 g/mol. The van der Waals surface area contributed by atoms with Gasteiger partial charge in [-0.1, -0.05) is 48.6 Å². The van der Waals surface area contributed by atoms with E-state index in [9.17, 15) is 10.2 Å². The summed E-state index contributed by atoms with van der Waals surface area (Å²) in [5.41, 5.74) is 7.50. The summed E-state index contributed by atoms with van der Waals surface area (Å²) in [5.74, 6) is -0.432. The molecule has 1 aromatic carbocycles. The van der Waals surface area contributed by atoms with Crippen molar-refractivity contribution >= 4 is 6.08 Å². The zero-order valence-corrected chi connectivity index (χ0v) is 11.3. The Bertz CT molecular complexity index is 679. The van der Waals surface area contributed by atoms with Gasteiger partial charge in [0, 0.05) is 5.92 Å². The molecule has 0 aromatic heterocycles. The van der Waals surface area contributed by atoms with Gasteiger partial charge in [-0.25, -0.2) is 0 Å². The minimum atomic E-state index is -0.580. The van der Waals surface area contributed by atoms with Gasteiger partial charge in [0.15, 0.2) is 11.5 Å². The summed E-state index contributed by atoms with van der Waals surface area (Å²) < 4.78 is 0. The number of allylic oxidation sites excluding steroid dienone is 5. The number of benzene rings is 1. The van der Waals surface area contributed by atoms with Crippen LogP contribution in [0.1, 0.15) is 5.56 Å². The second-order valence-electron chi connectivity index (χ2n) is 4.70. The molecule has 0 spiro atoms. The van der Waals surface area contributed by atoms with Crippen LogP contribution in [0.15, 0.2) is 60.2 Å². The number of hydrogen-bond donors (Lipinski definition) is 3. The van der Waals surface area contributed by atoms with Crippen molar-refractivity contribution in [3.8, 4) is 17.6 Å². The lowest BCUT2D eigenvalue weighted by Gasteiger charge is -2.18. The van der Waals surface area contributed by atoms with Gasteiger partial charge in [0.05, 0.1) is 6.07 Å². The quantitative estimate of drug-likeness (QED) is 0.742. The molecular formula is C17H16N2O2. The van der Waals surface area contributed by atoms with E-state index in [-0.39, 0.29) is 17.4 Å². The minimum Gasteiger partial charge on any atom is -0.504 e. The molecule has 0 radical (unpaired) electrons. The smallest absolute Gasteiger partial charge is 0.157 e. The van der Waals surface area contributed by atoms with Crippen LogP contribution in [0, 0.1) is 17.2 Å². The topological polar surface area (TPSA) is 90.3 Å². The number of phenolic OH excluding ortho intramolecular Hbond substituents is 2. The second-order valence-corrected chi connectivity index (χ2v) is 4.70. The van der Waals surface area contributed by atoms with Crippen LogP contribution in [0.3, 0.4) is 0 Å². The first kappa shape index (κ1) is 14.6. The predicted molar refractivity (Wildman–Crippen MR) is 82.2 cm³/mol. The van der Waals surface area contributed by atoms with Crippen LogP contribution in [0.5, 0.6) is 11.5 Å². The molecule has 0 saturated heterocycles. The molecule has 0 saturated carbocycles. The van der Waals surface area contributed by atoms with Crippen molar-refractivity contribution < 1.29 is 10.2 Å². The molecule has 1 aliphatic rings. The zero-order valence-electron chi connectivity index (χ0n) is 11.3. The van der Waals surface area contributed by atoms with E-state index in [0.717, 1.165) is 11.1 Å². The number of aromatic hydroxyl groups is 2. The molecule has 106 valence electrons. The molecule has 0 bridgehead atoms. The van der Waals surface area contributed by atoms with E-state index in [4.69, 9.17) is 11.0 Å². The Morgan fingerprint density at radius 1 is 1.24 bits per heavy atom. The molecule has 0 aliphatic heterocycles. The number of nitrogens with two attached hydrogens (primary N) is 1. The van der Waals surface area contributed by atoms with E-state index in [2.05, 4.69) is 6.07 Å². The van der Waals surface area contributed by atoms with E-state index in [1.807, 2.05) is 36.5 Å². The maximum Gasteiger partial charge on any atom is 0.157 e. The monoisotopic (exact) mass is 280 g/mol. The largest absolute Gasteiger partial charge is 0.504 e. The summed E-state index contributed by atoms with van der Waals surface area (Å²) in [4.78, 5) is 0. The van der Waals surface area contributed by atoms with Gasteiger partial charge < -0.3 is 15.9 Å². The average Bonchev–Trinajstić information content (AvgIpc) is 2.50. The molecule has 0 amide bonds. The molecule has 4 heteroatoms. The van der Waals surface area contributed by atoms with E-state index in [1.165, 1.54) is 12.1 Å². The molecule has 0 heterocycles. The third kappa shape index (κ3) is 3.62. The van der Waals surface area contributed by atoms with Crippen molar-refractivity contribution in [1.29, 1.82) is 5.26 Å². The highest BCUT2D eigenvalue weighted by atomic mass is 16.3. The van der Waals surface area contributed by atoms with Gasteiger partial charge in [0.2, 0.25) is 0 Å². The number of phenols is 2.